The molecule has 12 heteroatoms. The third-order valence-corrected chi connectivity index (χ3v) is 8.19. The lowest BCUT2D eigenvalue weighted by Gasteiger charge is -2.19. The number of aryl methyl sites for hydroxylation is 3. The molecule has 0 saturated carbocycles. The van der Waals surface area contributed by atoms with Gasteiger partial charge in [-0.25, -0.2) is 31.5 Å². The van der Waals surface area contributed by atoms with Crippen LogP contribution in [0.25, 0.3) is 0 Å². The highest BCUT2D eigenvalue weighted by Gasteiger charge is 2.24. The van der Waals surface area contributed by atoms with E-state index >= 15 is 0 Å². The number of carbonyl (C=O) groups excluding carboxylic acids is 1. The lowest BCUT2D eigenvalue weighted by Crippen LogP contribution is -2.24. The molecule has 35 heavy (non-hydrogen) atoms. The Labute approximate surface area is 204 Å². The lowest BCUT2D eigenvalue weighted by atomic mass is 10.2. The van der Waals surface area contributed by atoms with Crippen LogP contribution in [0.15, 0.2) is 58.3 Å². The fraction of sp³-hybridized carbons (Fsp3) is 0.261. The van der Waals surface area contributed by atoms with E-state index in [-0.39, 0.29) is 27.3 Å². The molecule has 0 aliphatic carbocycles. The molecule has 1 saturated heterocycles. The van der Waals surface area contributed by atoms with Gasteiger partial charge in [-0.2, -0.15) is 0 Å². The highest BCUT2D eigenvalue weighted by Crippen LogP contribution is 2.28. The molecule has 2 aromatic carbocycles. The molecular weight excluding hydrogens is 490 g/mol. The van der Waals surface area contributed by atoms with Crippen LogP contribution in [0.2, 0.25) is 0 Å². The molecule has 1 fully saturated rings. The third-order valence-electron chi connectivity index (χ3n) is 5.47. The number of hydrogen-bond acceptors (Lipinski definition) is 7. The van der Waals surface area contributed by atoms with E-state index in [9.17, 15) is 21.6 Å². The summed E-state index contributed by atoms with van der Waals surface area (Å²) in [7, 11) is -7.90. The zero-order chi connectivity index (χ0) is 25.4. The molecule has 2 heterocycles. The number of hydrogen-bond donors (Lipinski definition) is 2. The zero-order valence-corrected chi connectivity index (χ0v) is 21.1. The van der Waals surface area contributed by atoms with Crippen molar-refractivity contribution in [3.8, 4) is 0 Å². The number of nitrogens with zero attached hydrogens (tertiary/aromatic N) is 3. The first kappa shape index (κ1) is 24.6. The second-order valence-electron chi connectivity index (χ2n) is 8.31. The molecule has 0 unspecified atom stereocenters. The van der Waals surface area contributed by atoms with Gasteiger partial charge in [-0.15, -0.1) is 0 Å². The smallest absolute Gasteiger partial charge is 0.264 e. The SMILES string of the molecule is Cc1cc(C)nc(NS(=O)(=O)c2ccc(NS(=O)(=O)c3ccc(N4CCCC4=O)c(C)c3)cc2)n1. The summed E-state index contributed by atoms with van der Waals surface area (Å²) in [6.45, 7) is 5.83. The first-order valence-electron chi connectivity index (χ1n) is 10.8. The van der Waals surface area contributed by atoms with Gasteiger partial charge in [-0.3, -0.25) is 9.52 Å². The molecule has 4 rings (SSSR count). The topological polar surface area (TPSA) is 138 Å². The average molecular weight is 516 g/mol. The Kier molecular flexibility index (Phi) is 6.52. The van der Waals surface area contributed by atoms with Crippen molar-refractivity contribution < 1.29 is 21.6 Å². The van der Waals surface area contributed by atoms with Crippen LogP contribution in [0, 0.1) is 20.8 Å². The molecule has 184 valence electrons. The van der Waals surface area contributed by atoms with Crippen LogP contribution in [0.4, 0.5) is 17.3 Å². The van der Waals surface area contributed by atoms with Crippen molar-refractivity contribution in [2.75, 3.05) is 20.9 Å². The van der Waals surface area contributed by atoms with E-state index in [4.69, 9.17) is 0 Å². The highest BCUT2D eigenvalue weighted by atomic mass is 32.2. The standard InChI is InChI=1S/C23H25N5O5S2/c1-15-13-20(10-11-21(15)28-12-4-5-22(28)29)35(32,33)26-18-6-8-19(9-7-18)34(30,31)27-23-24-16(2)14-17(3)25-23/h6-11,13-14,26H,4-5,12H2,1-3H3,(H,24,25,27). The van der Waals surface area contributed by atoms with E-state index in [0.717, 1.165) is 6.42 Å². The van der Waals surface area contributed by atoms with Crippen molar-refractivity contribution in [1.82, 2.24) is 9.97 Å². The summed E-state index contributed by atoms with van der Waals surface area (Å²) in [5, 5.41) is 0. The van der Waals surface area contributed by atoms with Gasteiger partial charge in [0.25, 0.3) is 20.0 Å². The molecule has 0 spiro atoms. The number of sulfonamides is 2. The van der Waals surface area contributed by atoms with Crippen LogP contribution in [-0.4, -0.2) is 39.3 Å². The molecule has 1 aliphatic heterocycles. The number of aromatic nitrogens is 2. The summed E-state index contributed by atoms with van der Waals surface area (Å²) in [6, 6.07) is 11.6. The number of benzene rings is 2. The van der Waals surface area contributed by atoms with E-state index in [0.29, 0.717) is 35.6 Å². The average Bonchev–Trinajstić information content (AvgIpc) is 3.18. The number of anilines is 3. The summed E-state index contributed by atoms with van der Waals surface area (Å²) in [4.78, 5) is 21.8. The zero-order valence-electron chi connectivity index (χ0n) is 19.4. The quantitative estimate of drug-likeness (QED) is 0.493. The molecule has 10 nitrogen and oxygen atoms in total. The second-order valence-corrected chi connectivity index (χ2v) is 11.7. The molecule has 1 aromatic heterocycles. The maximum absolute atomic E-state index is 12.9. The van der Waals surface area contributed by atoms with Crippen LogP contribution < -0.4 is 14.3 Å². The van der Waals surface area contributed by atoms with Gasteiger partial charge >= 0.3 is 0 Å². The Morgan fingerprint density at radius 3 is 1.97 bits per heavy atom. The molecule has 0 radical (unpaired) electrons. The van der Waals surface area contributed by atoms with E-state index in [1.807, 2.05) is 0 Å². The third kappa shape index (κ3) is 5.43. The number of amides is 1. The summed E-state index contributed by atoms with van der Waals surface area (Å²) in [5.41, 5.74) is 2.80. The molecular formula is C23H25N5O5S2. The summed E-state index contributed by atoms with van der Waals surface area (Å²) >= 11 is 0. The van der Waals surface area contributed by atoms with Crippen LogP contribution in [-0.2, 0) is 24.8 Å². The summed E-state index contributed by atoms with van der Waals surface area (Å²) in [6.07, 6.45) is 1.26. The molecule has 0 atom stereocenters. The van der Waals surface area contributed by atoms with Crippen LogP contribution in [0.5, 0.6) is 0 Å². The molecule has 2 N–H and O–H groups in total. The van der Waals surface area contributed by atoms with Crippen molar-refractivity contribution in [2.45, 2.75) is 43.4 Å². The van der Waals surface area contributed by atoms with Crippen LogP contribution in [0.3, 0.4) is 0 Å². The highest BCUT2D eigenvalue weighted by molar-refractivity contribution is 7.93. The maximum atomic E-state index is 12.9. The Balaban J connectivity index is 1.50. The molecule has 1 amide bonds. The first-order valence-corrected chi connectivity index (χ1v) is 13.8. The van der Waals surface area contributed by atoms with Gasteiger partial charge in [0.2, 0.25) is 11.9 Å². The van der Waals surface area contributed by atoms with Gasteiger partial charge in [0, 0.05) is 35.7 Å². The van der Waals surface area contributed by atoms with Gasteiger partial charge < -0.3 is 4.90 Å². The minimum atomic E-state index is -3.97. The van der Waals surface area contributed by atoms with Gasteiger partial charge in [-0.1, -0.05) is 0 Å². The number of rotatable bonds is 7. The minimum absolute atomic E-state index is 0.0236. The minimum Gasteiger partial charge on any atom is -0.312 e. The Hall–Kier alpha value is -3.51. The van der Waals surface area contributed by atoms with Crippen molar-refractivity contribution in [3.63, 3.8) is 0 Å². The van der Waals surface area contributed by atoms with Gasteiger partial charge in [0.05, 0.1) is 9.79 Å². The predicted molar refractivity (Wildman–Crippen MR) is 132 cm³/mol. The van der Waals surface area contributed by atoms with Crippen molar-refractivity contribution >= 4 is 43.3 Å². The van der Waals surface area contributed by atoms with E-state index in [1.54, 1.807) is 37.8 Å². The largest absolute Gasteiger partial charge is 0.312 e. The number of nitrogens with one attached hydrogen (secondary N) is 2. The Morgan fingerprint density at radius 1 is 0.800 bits per heavy atom. The van der Waals surface area contributed by atoms with Crippen molar-refractivity contribution in [1.29, 1.82) is 0 Å². The normalized spacial score (nSPS) is 14.3. The van der Waals surface area contributed by atoms with Crippen molar-refractivity contribution in [3.05, 3.63) is 65.5 Å². The van der Waals surface area contributed by atoms with Crippen molar-refractivity contribution in [2.24, 2.45) is 0 Å². The first-order chi connectivity index (χ1) is 16.4. The van der Waals surface area contributed by atoms with Gasteiger partial charge in [0.15, 0.2) is 0 Å². The summed E-state index contributed by atoms with van der Waals surface area (Å²) in [5.74, 6) is -0.0165. The molecule has 3 aromatic rings. The monoisotopic (exact) mass is 515 g/mol. The van der Waals surface area contributed by atoms with E-state index < -0.39 is 20.0 Å². The Bertz CT molecular complexity index is 1480. The van der Waals surface area contributed by atoms with Gasteiger partial charge in [-0.05, 0) is 81.3 Å². The van der Waals surface area contributed by atoms with Crippen LogP contribution in [0.1, 0.15) is 29.8 Å². The summed E-state index contributed by atoms with van der Waals surface area (Å²) < 4.78 is 56.0. The van der Waals surface area contributed by atoms with Gasteiger partial charge in [0.1, 0.15) is 0 Å². The number of carbonyl (C=O) groups is 1. The molecule has 0 bridgehead atoms. The van der Waals surface area contributed by atoms with Crippen LogP contribution >= 0.6 is 0 Å². The fourth-order valence-corrected chi connectivity index (χ4v) is 5.95. The Morgan fingerprint density at radius 2 is 1.40 bits per heavy atom. The predicted octanol–water partition coefficient (Wildman–Crippen LogP) is 3.13. The molecule has 1 aliphatic rings. The lowest BCUT2D eigenvalue weighted by molar-refractivity contribution is -0.117. The van der Waals surface area contributed by atoms with E-state index in [2.05, 4.69) is 19.4 Å². The second kappa shape index (κ2) is 9.27. The maximum Gasteiger partial charge on any atom is 0.264 e. The van der Waals surface area contributed by atoms with E-state index in [1.165, 1.54) is 36.4 Å². The fourth-order valence-electron chi connectivity index (χ4n) is 3.87.